The highest BCUT2D eigenvalue weighted by Gasteiger charge is 2.00. The van der Waals surface area contributed by atoms with Crippen LogP contribution in [0.2, 0.25) is 0 Å². The zero-order chi connectivity index (χ0) is 17.4. The van der Waals surface area contributed by atoms with Gasteiger partial charge in [0.1, 0.15) is 0 Å². The molecule has 0 fully saturated rings. The molecule has 120 valence electrons. The zero-order valence-electron chi connectivity index (χ0n) is 13.6. The fraction of sp³-hybridized carbons (Fsp3) is 0.0455. The minimum absolute atomic E-state index is 0.176. The van der Waals surface area contributed by atoms with E-state index in [0.717, 1.165) is 0 Å². The molecule has 0 aliphatic rings. The number of hydrogen-bond donors (Lipinski definition) is 1. The van der Waals surface area contributed by atoms with E-state index in [4.69, 9.17) is 5.11 Å². The van der Waals surface area contributed by atoms with Crippen molar-refractivity contribution in [3.63, 3.8) is 0 Å². The quantitative estimate of drug-likeness (QED) is 0.632. The van der Waals surface area contributed by atoms with Crippen molar-refractivity contribution in [2.75, 3.05) is 0 Å². The first kappa shape index (κ1) is 17.2. The second kappa shape index (κ2) is 8.49. The van der Waals surface area contributed by atoms with Gasteiger partial charge in [0.15, 0.2) is 0 Å². The van der Waals surface area contributed by atoms with Crippen LogP contribution in [0.3, 0.4) is 0 Å². The second-order valence-electron chi connectivity index (χ2n) is 5.40. The molecule has 3 aromatic carbocycles. The molecule has 1 N–H and O–H groups in total. The van der Waals surface area contributed by atoms with Gasteiger partial charge in [0.2, 0.25) is 0 Å². The molecule has 0 aromatic heterocycles. The molecule has 0 heterocycles. The van der Waals surface area contributed by atoms with E-state index >= 15 is 0 Å². The first-order valence-electron chi connectivity index (χ1n) is 7.67. The topological polar surface area (TPSA) is 37.3 Å². The average molecular weight is 316 g/mol. The van der Waals surface area contributed by atoms with Gasteiger partial charge in [-0.25, -0.2) is 4.79 Å². The number of rotatable bonds is 3. The third-order valence-electron chi connectivity index (χ3n) is 3.44. The maximum Gasteiger partial charge on any atom is 0.330 e. The van der Waals surface area contributed by atoms with E-state index in [1.54, 1.807) is 0 Å². The van der Waals surface area contributed by atoms with Crippen LogP contribution in [0.15, 0.2) is 97.1 Å². The highest BCUT2D eigenvalue weighted by molar-refractivity contribution is 5.84. The number of carboxylic acid groups (broad SMARTS) is 1. The van der Waals surface area contributed by atoms with Gasteiger partial charge >= 0.3 is 5.97 Å². The monoisotopic (exact) mass is 316 g/mol. The molecule has 0 bridgehead atoms. The van der Waals surface area contributed by atoms with Crippen LogP contribution in [-0.2, 0) is 4.79 Å². The normalized spacial score (nSPS) is 9.54. The van der Waals surface area contributed by atoms with Crippen LogP contribution in [0.25, 0.3) is 22.3 Å². The molecule has 2 nitrogen and oxygen atoms in total. The predicted octanol–water partition coefficient (Wildman–Crippen LogP) is 5.67. The van der Waals surface area contributed by atoms with Crippen molar-refractivity contribution in [3.8, 4) is 22.3 Å². The van der Waals surface area contributed by atoms with Crippen LogP contribution in [0.1, 0.15) is 6.92 Å². The summed E-state index contributed by atoms with van der Waals surface area (Å²) in [6, 6.07) is 29.6. The Hall–Kier alpha value is -3.13. The summed E-state index contributed by atoms with van der Waals surface area (Å²) < 4.78 is 0. The van der Waals surface area contributed by atoms with Crippen molar-refractivity contribution in [1.82, 2.24) is 0 Å². The van der Waals surface area contributed by atoms with Gasteiger partial charge in [-0.3, -0.25) is 0 Å². The molecule has 2 heteroatoms. The molecule has 0 spiro atoms. The van der Waals surface area contributed by atoms with E-state index in [2.05, 4.69) is 79.4 Å². The molecule has 0 saturated carbocycles. The Morgan fingerprint density at radius 1 is 0.708 bits per heavy atom. The number of hydrogen-bond acceptors (Lipinski definition) is 1. The maximum atomic E-state index is 9.60. The summed E-state index contributed by atoms with van der Waals surface area (Å²) in [4.78, 5) is 9.60. The van der Waals surface area contributed by atoms with Crippen LogP contribution < -0.4 is 0 Å². The number of carboxylic acids is 1. The van der Waals surface area contributed by atoms with E-state index in [9.17, 15) is 4.79 Å². The fourth-order valence-corrected chi connectivity index (χ4v) is 2.14. The molecule has 0 radical (unpaired) electrons. The number of aliphatic carboxylic acids is 1. The van der Waals surface area contributed by atoms with Crippen molar-refractivity contribution in [2.24, 2.45) is 0 Å². The Bertz CT molecular complexity index is 739. The largest absolute Gasteiger partial charge is 0.478 e. The third kappa shape index (κ3) is 4.96. The lowest BCUT2D eigenvalue weighted by atomic mass is 9.99. The van der Waals surface area contributed by atoms with Crippen molar-refractivity contribution in [1.29, 1.82) is 0 Å². The van der Waals surface area contributed by atoms with Crippen LogP contribution in [0.4, 0.5) is 0 Å². The summed E-state index contributed by atoms with van der Waals surface area (Å²) in [5.74, 6) is -0.935. The standard InChI is InChI=1S/C18H14.C4H6O2/c1-3-8-15(9-4-1)17-12-7-13-18(14-17)16-10-5-2-6-11-16;1-3(2)4(5)6/h1-14H;1H2,2H3,(H,5,6). The first-order chi connectivity index (χ1) is 11.6. The van der Waals surface area contributed by atoms with Gasteiger partial charge in [0, 0.05) is 5.57 Å². The van der Waals surface area contributed by atoms with Crippen molar-refractivity contribution < 1.29 is 9.90 Å². The molecule has 24 heavy (non-hydrogen) atoms. The molecule has 0 saturated heterocycles. The SMILES string of the molecule is C=C(C)C(=O)O.c1ccc(-c2cccc(-c3ccccc3)c2)cc1. The van der Waals surface area contributed by atoms with Crippen LogP contribution in [0.5, 0.6) is 0 Å². The molecule has 3 rings (SSSR count). The predicted molar refractivity (Wildman–Crippen MR) is 99.8 cm³/mol. The summed E-state index contributed by atoms with van der Waals surface area (Å²) in [6.45, 7) is 4.60. The van der Waals surface area contributed by atoms with E-state index in [0.29, 0.717) is 0 Å². The van der Waals surface area contributed by atoms with E-state index in [1.165, 1.54) is 29.2 Å². The van der Waals surface area contributed by atoms with E-state index in [1.807, 2.05) is 12.1 Å². The molecule has 3 aromatic rings. The van der Waals surface area contributed by atoms with Crippen LogP contribution in [0, 0.1) is 0 Å². The average Bonchev–Trinajstić information content (AvgIpc) is 2.64. The Morgan fingerprint density at radius 2 is 1.04 bits per heavy atom. The summed E-state index contributed by atoms with van der Waals surface area (Å²) >= 11 is 0. The summed E-state index contributed by atoms with van der Waals surface area (Å²) in [5.41, 5.74) is 5.22. The Labute approximate surface area is 142 Å². The molecule has 0 atom stereocenters. The van der Waals surface area contributed by atoms with Gasteiger partial charge in [-0.1, -0.05) is 85.4 Å². The lowest BCUT2D eigenvalue weighted by Gasteiger charge is -2.05. The summed E-state index contributed by atoms with van der Waals surface area (Å²) in [6.07, 6.45) is 0. The van der Waals surface area contributed by atoms with Crippen LogP contribution >= 0.6 is 0 Å². The molecular weight excluding hydrogens is 296 g/mol. The number of benzene rings is 3. The van der Waals surface area contributed by atoms with Crippen molar-refractivity contribution in [2.45, 2.75) is 6.92 Å². The molecule has 0 amide bonds. The second-order valence-corrected chi connectivity index (χ2v) is 5.40. The maximum absolute atomic E-state index is 9.60. The van der Waals surface area contributed by atoms with Crippen molar-refractivity contribution >= 4 is 5.97 Å². The van der Waals surface area contributed by atoms with Gasteiger partial charge in [0.25, 0.3) is 0 Å². The minimum Gasteiger partial charge on any atom is -0.478 e. The fourth-order valence-electron chi connectivity index (χ4n) is 2.14. The van der Waals surface area contributed by atoms with Gasteiger partial charge < -0.3 is 5.11 Å². The molecule has 0 unspecified atom stereocenters. The summed E-state index contributed by atoms with van der Waals surface area (Å²) in [5, 5.41) is 7.89. The highest BCUT2D eigenvalue weighted by atomic mass is 16.4. The molecular formula is C22H20O2. The first-order valence-corrected chi connectivity index (χ1v) is 7.67. The Kier molecular flexibility index (Phi) is 6.09. The third-order valence-corrected chi connectivity index (χ3v) is 3.44. The zero-order valence-corrected chi connectivity index (χ0v) is 13.6. The van der Waals surface area contributed by atoms with E-state index < -0.39 is 5.97 Å². The van der Waals surface area contributed by atoms with Gasteiger partial charge in [-0.05, 0) is 35.2 Å². The highest BCUT2D eigenvalue weighted by Crippen LogP contribution is 2.25. The molecule has 0 aliphatic carbocycles. The molecule has 0 aliphatic heterocycles. The van der Waals surface area contributed by atoms with Gasteiger partial charge in [-0.15, -0.1) is 0 Å². The summed E-state index contributed by atoms with van der Waals surface area (Å²) in [7, 11) is 0. The van der Waals surface area contributed by atoms with Gasteiger partial charge in [0.05, 0.1) is 0 Å². The van der Waals surface area contributed by atoms with E-state index in [-0.39, 0.29) is 5.57 Å². The minimum atomic E-state index is -0.935. The Balaban J connectivity index is 0.000000301. The lowest BCUT2D eigenvalue weighted by molar-refractivity contribution is -0.132. The number of carbonyl (C=O) groups is 1. The van der Waals surface area contributed by atoms with Crippen molar-refractivity contribution in [3.05, 3.63) is 97.1 Å². The van der Waals surface area contributed by atoms with Gasteiger partial charge in [-0.2, -0.15) is 0 Å². The lowest BCUT2D eigenvalue weighted by Crippen LogP contribution is -1.92. The smallest absolute Gasteiger partial charge is 0.330 e. The van der Waals surface area contributed by atoms with Crippen LogP contribution in [-0.4, -0.2) is 11.1 Å². The Morgan fingerprint density at radius 3 is 1.38 bits per heavy atom.